The number of aliphatic imine (C=N–C) groups is 1. The summed E-state index contributed by atoms with van der Waals surface area (Å²) in [6.45, 7) is 0.811. The first kappa shape index (κ1) is 27.4. The van der Waals surface area contributed by atoms with Crippen molar-refractivity contribution in [2.24, 2.45) is 10.7 Å². The van der Waals surface area contributed by atoms with Crippen LogP contribution in [0.25, 0.3) is 0 Å². The molecule has 11 nitrogen and oxygen atoms in total. The molecule has 0 aliphatic carbocycles. The first-order valence-corrected chi connectivity index (χ1v) is 10.2. The van der Waals surface area contributed by atoms with Gasteiger partial charge in [0.25, 0.3) is 0 Å². The molecule has 2 rings (SSSR count). The molecule has 0 saturated carbocycles. The van der Waals surface area contributed by atoms with Gasteiger partial charge >= 0.3 is 40.0 Å². The van der Waals surface area contributed by atoms with Crippen LogP contribution in [0.5, 0.6) is 0 Å². The molecule has 0 spiro atoms. The van der Waals surface area contributed by atoms with Gasteiger partial charge in [-0.3, -0.25) is 9.55 Å². The van der Waals surface area contributed by atoms with Gasteiger partial charge in [-0.25, -0.2) is 4.18 Å². The largest absolute Gasteiger partial charge is 1.00 e. The second kappa shape index (κ2) is 13.0. The van der Waals surface area contributed by atoms with Crippen LogP contribution in [0, 0.1) is 0 Å². The van der Waals surface area contributed by atoms with Gasteiger partial charge in [0.05, 0.1) is 19.8 Å². The molecule has 0 radical (unpaired) electrons. The van der Waals surface area contributed by atoms with Crippen LogP contribution in [0.3, 0.4) is 0 Å². The predicted octanol–water partition coefficient (Wildman–Crippen LogP) is -4.40. The second-order valence-corrected chi connectivity index (χ2v) is 7.40. The van der Waals surface area contributed by atoms with Gasteiger partial charge in [-0.1, -0.05) is 30.3 Å². The molecule has 1 fully saturated rings. The van der Waals surface area contributed by atoms with Crippen molar-refractivity contribution in [2.75, 3.05) is 19.8 Å². The van der Waals surface area contributed by atoms with E-state index < -0.39 is 53.5 Å². The third-order valence-corrected chi connectivity index (χ3v) is 4.47. The maximum atomic E-state index is 11.5. The summed E-state index contributed by atoms with van der Waals surface area (Å²) in [5.74, 6) is -0.562. The van der Waals surface area contributed by atoms with Gasteiger partial charge in [-0.15, -0.1) is 0 Å². The van der Waals surface area contributed by atoms with E-state index >= 15 is 0 Å². The summed E-state index contributed by atoms with van der Waals surface area (Å²) in [5, 5.41) is 22.3. The second-order valence-electron chi connectivity index (χ2n) is 6.31. The van der Waals surface area contributed by atoms with Crippen molar-refractivity contribution in [3.8, 4) is 0 Å². The minimum absolute atomic E-state index is 0. The quantitative estimate of drug-likeness (QED) is 0.135. The van der Waals surface area contributed by atoms with Gasteiger partial charge in [0.2, 0.25) is 0 Å². The average molecular weight is 456 g/mol. The van der Waals surface area contributed by atoms with Crippen LogP contribution in [0.4, 0.5) is 0 Å². The molecule has 0 amide bonds. The molecule has 0 unspecified atom stereocenters. The van der Waals surface area contributed by atoms with Gasteiger partial charge in [-0.05, 0) is 18.4 Å². The summed E-state index contributed by atoms with van der Waals surface area (Å²) in [7, 11) is -4.75. The third-order valence-electron chi connectivity index (χ3n) is 4.04. The van der Waals surface area contributed by atoms with Crippen molar-refractivity contribution >= 4 is 16.3 Å². The molecule has 13 heteroatoms. The molecule has 1 aromatic carbocycles. The minimum atomic E-state index is -4.75. The Labute approximate surface area is 197 Å². The van der Waals surface area contributed by atoms with Crippen molar-refractivity contribution in [3.05, 3.63) is 35.9 Å². The Hall–Kier alpha value is -0.640. The van der Waals surface area contributed by atoms with Crippen LogP contribution >= 0.6 is 0 Å². The molecule has 1 aliphatic heterocycles. The summed E-state index contributed by atoms with van der Waals surface area (Å²) in [5.41, 5.74) is 6.20. The van der Waals surface area contributed by atoms with E-state index in [1.165, 1.54) is 6.92 Å². The van der Waals surface area contributed by atoms with E-state index in [2.05, 4.69) is 9.18 Å². The summed E-state index contributed by atoms with van der Waals surface area (Å²) >= 11 is 0. The van der Waals surface area contributed by atoms with Crippen LogP contribution in [0.1, 0.15) is 12.5 Å². The Morgan fingerprint density at radius 3 is 2.53 bits per heavy atom. The summed E-state index contributed by atoms with van der Waals surface area (Å²) in [6.07, 6.45) is -4.84. The number of nitrogens with zero attached hydrogens (tertiary/aromatic N) is 1. The van der Waals surface area contributed by atoms with Gasteiger partial charge < -0.3 is 30.2 Å². The smallest absolute Gasteiger partial charge is 0.862 e. The van der Waals surface area contributed by atoms with Gasteiger partial charge in [0, 0.05) is 6.54 Å². The van der Waals surface area contributed by atoms with E-state index in [1.54, 1.807) is 24.3 Å². The van der Waals surface area contributed by atoms with E-state index in [4.69, 9.17) is 24.5 Å². The van der Waals surface area contributed by atoms with Gasteiger partial charge in [0.1, 0.15) is 24.4 Å². The summed E-state index contributed by atoms with van der Waals surface area (Å²) in [6, 6.07) is 7.90. The van der Waals surface area contributed by atoms with Crippen LogP contribution in [0.2, 0.25) is 0 Å². The fourth-order valence-corrected chi connectivity index (χ4v) is 3.14. The Balaban J connectivity index is 0.00000450. The molecule has 164 valence electrons. The van der Waals surface area contributed by atoms with Crippen molar-refractivity contribution in [1.82, 2.24) is 0 Å². The zero-order chi connectivity index (χ0) is 21.4. The molecule has 4 N–H and O–H groups in total. The van der Waals surface area contributed by atoms with Crippen LogP contribution in [-0.4, -0.2) is 74.4 Å². The Bertz CT molecular complexity index is 762. The van der Waals surface area contributed by atoms with Crippen molar-refractivity contribution < 1.29 is 71.1 Å². The molecule has 5 atom stereocenters. The number of hydrogen-bond acceptors (Lipinski definition) is 10. The van der Waals surface area contributed by atoms with Gasteiger partial charge in [0.15, 0.2) is 6.29 Å². The number of ether oxygens (including phenoxy) is 3. The number of aliphatic hydroxyl groups excluding tert-OH is 1. The normalized spacial score (nSPS) is 27.5. The van der Waals surface area contributed by atoms with Crippen LogP contribution in [-0.2, 0) is 35.4 Å². The first-order chi connectivity index (χ1) is 13.7. The zero-order valence-corrected chi connectivity index (χ0v) is 19.6. The zero-order valence-electron chi connectivity index (χ0n) is 16.8. The predicted molar refractivity (Wildman–Crippen MR) is 99.1 cm³/mol. The Morgan fingerprint density at radius 1 is 1.30 bits per heavy atom. The monoisotopic (exact) mass is 456 g/mol. The number of aliphatic hydroxyl groups is 1. The van der Waals surface area contributed by atoms with E-state index in [0.29, 0.717) is 0 Å². The van der Waals surface area contributed by atoms with E-state index in [9.17, 15) is 18.6 Å². The van der Waals surface area contributed by atoms with Gasteiger partial charge in [-0.2, -0.15) is 8.42 Å². The van der Waals surface area contributed by atoms with Crippen LogP contribution < -0.4 is 40.4 Å². The SMILES string of the molecule is CC([O-])=N[C@H]1[C@@H](OCCN)O[C@H](COS(=O)(=O)O)[C@@H](OCc2ccccc2)[C@@H]1O.[Na+]. The topological polar surface area (TPSA) is 173 Å². The third kappa shape index (κ3) is 8.85. The Kier molecular flexibility index (Phi) is 11.9. The van der Waals surface area contributed by atoms with Crippen molar-refractivity contribution in [2.45, 2.75) is 44.2 Å². The molecule has 30 heavy (non-hydrogen) atoms. The fraction of sp³-hybridized carbons (Fsp3) is 0.588. The fourth-order valence-electron chi connectivity index (χ4n) is 2.83. The number of nitrogens with two attached hydrogens (primary N) is 1. The molecule has 1 aliphatic rings. The summed E-state index contributed by atoms with van der Waals surface area (Å²) in [4.78, 5) is 3.83. The molecule has 0 bridgehead atoms. The van der Waals surface area contributed by atoms with Crippen LogP contribution in [0.15, 0.2) is 35.3 Å². The average Bonchev–Trinajstić information content (AvgIpc) is 2.66. The van der Waals surface area contributed by atoms with Crippen molar-refractivity contribution in [3.63, 3.8) is 0 Å². The maximum Gasteiger partial charge on any atom is 1.00 e. The Morgan fingerprint density at radius 2 is 1.97 bits per heavy atom. The number of benzene rings is 1. The molecular formula is C17H25N2NaO9S. The maximum absolute atomic E-state index is 11.5. The number of hydrogen-bond donors (Lipinski definition) is 3. The van der Waals surface area contributed by atoms with E-state index in [0.717, 1.165) is 5.56 Å². The molecule has 1 saturated heterocycles. The molecule has 1 heterocycles. The van der Waals surface area contributed by atoms with E-state index in [-0.39, 0.29) is 49.3 Å². The minimum Gasteiger partial charge on any atom is -0.862 e. The molecular weight excluding hydrogens is 431 g/mol. The number of rotatable bonds is 10. The van der Waals surface area contributed by atoms with Crippen molar-refractivity contribution in [1.29, 1.82) is 0 Å². The molecule has 0 aromatic heterocycles. The molecule has 1 aromatic rings. The van der Waals surface area contributed by atoms with E-state index in [1.807, 2.05) is 6.07 Å². The standard InChI is InChI=1S/C17H26N2O9S.Na/c1-11(20)19-14-15(21)16(26-9-12-5-3-2-4-6-12)13(10-27-29(22,23)24)28-17(14)25-8-7-18;/h2-6,13-17,21H,7-10,18H2,1H3,(H,19,20)(H,22,23,24);/q;+1/p-1/t13-,14-,15-,16-,17+;/m1./s1. The summed E-state index contributed by atoms with van der Waals surface area (Å²) < 4.78 is 52.0. The first-order valence-electron chi connectivity index (χ1n) is 8.85.